The van der Waals surface area contributed by atoms with E-state index in [9.17, 15) is 9.90 Å². The van der Waals surface area contributed by atoms with Crippen molar-refractivity contribution < 1.29 is 9.90 Å². The highest BCUT2D eigenvalue weighted by Gasteiger charge is 2.45. The van der Waals surface area contributed by atoms with E-state index in [1.807, 2.05) is 0 Å². The molecule has 3 nitrogen and oxygen atoms in total. The number of fused-ring (bicyclic) bond motifs is 2. The fourth-order valence-electron chi connectivity index (χ4n) is 3.97. The summed E-state index contributed by atoms with van der Waals surface area (Å²) in [6, 6.07) is 1.17. The molecular weight excluding hydrogens is 202 g/mol. The van der Waals surface area contributed by atoms with Gasteiger partial charge in [-0.05, 0) is 38.5 Å². The molecule has 3 fully saturated rings. The molecule has 2 saturated heterocycles. The number of carbonyl (C=O) groups is 1. The number of nitrogens with zero attached hydrogens (tertiary/aromatic N) is 1. The van der Waals surface area contributed by atoms with Crippen molar-refractivity contribution in [2.24, 2.45) is 0 Å². The van der Waals surface area contributed by atoms with Crippen molar-refractivity contribution in [3.05, 3.63) is 0 Å². The summed E-state index contributed by atoms with van der Waals surface area (Å²) >= 11 is 0. The maximum atomic E-state index is 12.0. The molecule has 3 heteroatoms. The Morgan fingerprint density at radius 1 is 1.06 bits per heavy atom. The minimum Gasteiger partial charge on any atom is -0.393 e. The molecule has 2 aliphatic heterocycles. The summed E-state index contributed by atoms with van der Waals surface area (Å²) in [7, 11) is 0. The Hall–Kier alpha value is -0.410. The van der Waals surface area contributed by atoms with Gasteiger partial charge in [0.1, 0.15) is 5.78 Å². The van der Waals surface area contributed by atoms with Crippen molar-refractivity contribution in [2.75, 3.05) is 0 Å². The predicted molar refractivity (Wildman–Crippen MR) is 61.2 cm³/mol. The number of piperidine rings is 1. The third kappa shape index (κ3) is 1.70. The number of hydrogen-bond donors (Lipinski definition) is 1. The third-order valence-corrected chi connectivity index (χ3v) is 4.65. The third-order valence-electron chi connectivity index (χ3n) is 4.65. The normalized spacial score (nSPS) is 44.9. The van der Waals surface area contributed by atoms with Crippen LogP contribution in [0.5, 0.6) is 0 Å². The molecule has 0 aromatic rings. The van der Waals surface area contributed by atoms with Crippen LogP contribution in [-0.2, 0) is 4.79 Å². The standard InChI is InChI=1S/C13H21NO2/c15-11-7-9-5-6-10(8-11)14(9)12-3-1-2-4-13(12)16/h9-12,15H,1-8H2. The molecule has 0 amide bonds. The van der Waals surface area contributed by atoms with Crippen LogP contribution in [0.1, 0.15) is 51.4 Å². The largest absolute Gasteiger partial charge is 0.393 e. The number of aliphatic hydroxyl groups is 1. The van der Waals surface area contributed by atoms with Gasteiger partial charge >= 0.3 is 0 Å². The van der Waals surface area contributed by atoms with E-state index in [0.29, 0.717) is 17.9 Å². The van der Waals surface area contributed by atoms with Gasteiger partial charge in [-0.3, -0.25) is 9.69 Å². The van der Waals surface area contributed by atoms with Crippen LogP contribution in [0, 0.1) is 0 Å². The van der Waals surface area contributed by atoms with E-state index in [-0.39, 0.29) is 12.1 Å². The molecule has 1 aliphatic carbocycles. The van der Waals surface area contributed by atoms with E-state index in [4.69, 9.17) is 0 Å². The lowest BCUT2D eigenvalue weighted by Gasteiger charge is -2.43. The lowest BCUT2D eigenvalue weighted by Crippen LogP contribution is -2.53. The first-order valence-corrected chi connectivity index (χ1v) is 6.74. The molecule has 3 aliphatic rings. The van der Waals surface area contributed by atoms with Crippen LogP contribution in [0.2, 0.25) is 0 Å². The highest BCUT2D eigenvalue weighted by molar-refractivity contribution is 5.84. The van der Waals surface area contributed by atoms with E-state index >= 15 is 0 Å². The van der Waals surface area contributed by atoms with Gasteiger partial charge in [0.25, 0.3) is 0 Å². The second kappa shape index (κ2) is 4.11. The fourth-order valence-corrected chi connectivity index (χ4v) is 3.97. The topological polar surface area (TPSA) is 40.5 Å². The minimum atomic E-state index is -0.118. The van der Waals surface area contributed by atoms with Crippen LogP contribution in [0.3, 0.4) is 0 Å². The van der Waals surface area contributed by atoms with Crippen molar-refractivity contribution >= 4 is 5.78 Å². The first-order valence-electron chi connectivity index (χ1n) is 6.74. The molecule has 0 aromatic carbocycles. The number of rotatable bonds is 1. The fraction of sp³-hybridized carbons (Fsp3) is 0.923. The number of aliphatic hydroxyl groups excluding tert-OH is 1. The second-order valence-electron chi connectivity index (χ2n) is 5.69. The van der Waals surface area contributed by atoms with Gasteiger partial charge < -0.3 is 5.11 Å². The van der Waals surface area contributed by atoms with E-state index in [2.05, 4.69) is 4.90 Å². The molecule has 0 aromatic heterocycles. The van der Waals surface area contributed by atoms with Gasteiger partial charge in [0, 0.05) is 18.5 Å². The van der Waals surface area contributed by atoms with Gasteiger partial charge in [0.2, 0.25) is 0 Å². The average Bonchev–Trinajstić information content (AvgIpc) is 2.53. The van der Waals surface area contributed by atoms with Crippen molar-refractivity contribution in [1.29, 1.82) is 0 Å². The smallest absolute Gasteiger partial charge is 0.149 e. The van der Waals surface area contributed by atoms with E-state index in [0.717, 1.165) is 32.1 Å². The minimum absolute atomic E-state index is 0.118. The van der Waals surface area contributed by atoms with E-state index in [1.165, 1.54) is 19.3 Å². The summed E-state index contributed by atoms with van der Waals surface area (Å²) in [4.78, 5) is 14.5. The van der Waals surface area contributed by atoms with Crippen LogP contribution in [0.25, 0.3) is 0 Å². The average molecular weight is 223 g/mol. The first kappa shape index (κ1) is 10.7. The second-order valence-corrected chi connectivity index (χ2v) is 5.69. The molecular formula is C13H21NO2. The molecule has 1 N–H and O–H groups in total. The highest BCUT2D eigenvalue weighted by Crippen LogP contribution is 2.39. The van der Waals surface area contributed by atoms with Crippen molar-refractivity contribution in [1.82, 2.24) is 4.90 Å². The summed E-state index contributed by atoms with van der Waals surface area (Å²) < 4.78 is 0. The quantitative estimate of drug-likeness (QED) is 0.732. The molecule has 3 atom stereocenters. The summed E-state index contributed by atoms with van der Waals surface area (Å²) in [6.07, 6.45) is 8.16. The molecule has 1 saturated carbocycles. The number of hydrogen-bond acceptors (Lipinski definition) is 3. The zero-order valence-electron chi connectivity index (χ0n) is 9.77. The summed E-state index contributed by atoms with van der Waals surface area (Å²) in [5, 5.41) is 9.76. The summed E-state index contributed by atoms with van der Waals surface area (Å²) in [5.41, 5.74) is 0. The lowest BCUT2D eigenvalue weighted by atomic mass is 9.88. The van der Waals surface area contributed by atoms with Crippen LogP contribution in [0.4, 0.5) is 0 Å². The molecule has 3 rings (SSSR count). The van der Waals surface area contributed by atoms with Gasteiger partial charge in [0.15, 0.2) is 0 Å². The zero-order chi connectivity index (χ0) is 11.1. The van der Waals surface area contributed by atoms with Gasteiger partial charge in [-0.1, -0.05) is 6.42 Å². The molecule has 90 valence electrons. The Balaban J connectivity index is 1.77. The predicted octanol–water partition coefficient (Wildman–Crippen LogP) is 1.49. The molecule has 16 heavy (non-hydrogen) atoms. The van der Waals surface area contributed by atoms with Crippen molar-refractivity contribution in [3.8, 4) is 0 Å². The Morgan fingerprint density at radius 3 is 2.38 bits per heavy atom. The zero-order valence-corrected chi connectivity index (χ0v) is 9.77. The van der Waals surface area contributed by atoms with E-state index < -0.39 is 0 Å². The monoisotopic (exact) mass is 223 g/mol. The first-order chi connectivity index (χ1) is 7.75. The molecule has 0 radical (unpaired) electrons. The van der Waals surface area contributed by atoms with E-state index in [1.54, 1.807) is 0 Å². The number of ketones is 1. The van der Waals surface area contributed by atoms with Crippen LogP contribution < -0.4 is 0 Å². The molecule has 2 heterocycles. The Bertz CT molecular complexity index is 278. The lowest BCUT2D eigenvalue weighted by molar-refractivity contribution is -0.129. The summed E-state index contributed by atoms with van der Waals surface area (Å²) in [5.74, 6) is 0.458. The van der Waals surface area contributed by atoms with Crippen LogP contribution in [0.15, 0.2) is 0 Å². The SMILES string of the molecule is O=C1CCCCC1N1C2CCC1CC(O)C2. The van der Waals surface area contributed by atoms with Crippen LogP contribution in [-0.4, -0.2) is 40.0 Å². The Labute approximate surface area is 96.8 Å². The maximum absolute atomic E-state index is 12.0. The van der Waals surface area contributed by atoms with Gasteiger partial charge in [-0.2, -0.15) is 0 Å². The molecule has 0 spiro atoms. The maximum Gasteiger partial charge on any atom is 0.149 e. The molecule has 2 bridgehead atoms. The number of Topliss-reactive ketones (excluding diaryl/α,β-unsaturated/α-hetero) is 1. The number of carbonyl (C=O) groups excluding carboxylic acids is 1. The summed E-state index contributed by atoms with van der Waals surface area (Å²) in [6.45, 7) is 0. The van der Waals surface area contributed by atoms with Gasteiger partial charge in [-0.15, -0.1) is 0 Å². The Kier molecular flexibility index (Phi) is 2.76. The Morgan fingerprint density at radius 2 is 1.75 bits per heavy atom. The molecule has 3 unspecified atom stereocenters. The van der Waals surface area contributed by atoms with Gasteiger partial charge in [0.05, 0.1) is 12.1 Å². The van der Waals surface area contributed by atoms with Gasteiger partial charge in [-0.25, -0.2) is 0 Å². The van der Waals surface area contributed by atoms with Crippen molar-refractivity contribution in [2.45, 2.75) is 75.6 Å². The van der Waals surface area contributed by atoms with Crippen LogP contribution >= 0.6 is 0 Å². The highest BCUT2D eigenvalue weighted by atomic mass is 16.3. The van der Waals surface area contributed by atoms with Crippen molar-refractivity contribution in [3.63, 3.8) is 0 Å².